The van der Waals surface area contributed by atoms with Gasteiger partial charge in [0.1, 0.15) is 0 Å². The van der Waals surface area contributed by atoms with E-state index in [1.165, 1.54) is 40.7 Å². The number of benzene rings is 2. The van der Waals surface area contributed by atoms with Crippen LogP contribution in [0.5, 0.6) is 0 Å². The lowest BCUT2D eigenvalue weighted by Crippen LogP contribution is -2.22. The Kier molecular flexibility index (Phi) is 3.66. The standard InChI is InChI=1S/C24H25N2/c1-16-14-22-21(15-17(2)26(22)19-10-4-3-5-11-19)23(16)20-12-6-8-18-9-7-13-25-24(18)20/h3-13,16,21-23H,14-15H2,1-2H3/q+1. The van der Waals surface area contributed by atoms with Gasteiger partial charge in [-0.3, -0.25) is 4.98 Å². The zero-order chi connectivity index (χ0) is 17.7. The highest BCUT2D eigenvalue weighted by molar-refractivity contribution is 5.83. The van der Waals surface area contributed by atoms with Crippen molar-refractivity contribution in [2.75, 3.05) is 0 Å². The number of hydrogen-bond donors (Lipinski definition) is 0. The Labute approximate surface area is 155 Å². The van der Waals surface area contributed by atoms with Crippen molar-refractivity contribution >= 4 is 22.3 Å². The van der Waals surface area contributed by atoms with E-state index in [-0.39, 0.29) is 0 Å². The first-order valence-corrected chi connectivity index (χ1v) is 9.74. The van der Waals surface area contributed by atoms with Gasteiger partial charge in [0, 0.05) is 49.4 Å². The second kappa shape index (κ2) is 6.05. The highest BCUT2D eigenvalue weighted by Gasteiger charge is 2.53. The van der Waals surface area contributed by atoms with Gasteiger partial charge in [-0.1, -0.05) is 49.4 Å². The topological polar surface area (TPSA) is 15.9 Å². The number of pyridine rings is 1. The van der Waals surface area contributed by atoms with E-state index >= 15 is 0 Å². The fraction of sp³-hybridized carbons (Fsp3) is 0.333. The van der Waals surface area contributed by atoms with Gasteiger partial charge in [-0.05, 0) is 23.5 Å². The van der Waals surface area contributed by atoms with Crippen molar-refractivity contribution in [3.05, 3.63) is 72.4 Å². The summed E-state index contributed by atoms with van der Waals surface area (Å²) in [5.74, 6) is 1.94. The van der Waals surface area contributed by atoms with Crippen molar-refractivity contribution in [2.24, 2.45) is 11.8 Å². The molecule has 2 aromatic carbocycles. The Morgan fingerprint density at radius 1 is 0.962 bits per heavy atom. The number of nitrogens with zero attached hydrogens (tertiary/aromatic N) is 2. The maximum absolute atomic E-state index is 4.75. The van der Waals surface area contributed by atoms with Gasteiger partial charge in [0.2, 0.25) is 5.69 Å². The number of hydrogen-bond acceptors (Lipinski definition) is 1. The average Bonchev–Trinajstić information content (AvgIpc) is 3.14. The molecule has 2 heteroatoms. The third-order valence-corrected chi connectivity index (χ3v) is 6.51. The van der Waals surface area contributed by atoms with Crippen molar-refractivity contribution in [1.29, 1.82) is 0 Å². The molecule has 0 spiro atoms. The third kappa shape index (κ3) is 2.32. The minimum atomic E-state index is 0.585. The second-order valence-corrected chi connectivity index (χ2v) is 8.04. The molecule has 0 radical (unpaired) electrons. The van der Waals surface area contributed by atoms with E-state index in [9.17, 15) is 0 Å². The maximum atomic E-state index is 4.75. The SMILES string of the molecule is CC1=[N+](c2ccccc2)C2CC(C)C(c3cccc4cccnc34)C2C1. The first-order valence-electron chi connectivity index (χ1n) is 9.74. The lowest BCUT2D eigenvalue weighted by Gasteiger charge is -2.21. The predicted octanol–water partition coefficient (Wildman–Crippen LogP) is 5.55. The summed E-state index contributed by atoms with van der Waals surface area (Å²) < 4.78 is 2.61. The summed E-state index contributed by atoms with van der Waals surface area (Å²) in [6.45, 7) is 4.75. The van der Waals surface area contributed by atoms with Crippen molar-refractivity contribution in [1.82, 2.24) is 4.98 Å². The minimum Gasteiger partial charge on any atom is -0.256 e. The number of aromatic nitrogens is 1. The molecule has 3 aromatic rings. The Morgan fingerprint density at radius 3 is 2.62 bits per heavy atom. The highest BCUT2D eigenvalue weighted by Crippen LogP contribution is 2.51. The molecule has 130 valence electrons. The van der Waals surface area contributed by atoms with Crippen LogP contribution in [-0.2, 0) is 0 Å². The van der Waals surface area contributed by atoms with E-state index in [4.69, 9.17) is 4.98 Å². The van der Waals surface area contributed by atoms with Crippen LogP contribution in [0.15, 0.2) is 66.9 Å². The molecule has 1 saturated carbocycles. The maximum Gasteiger partial charge on any atom is 0.205 e. The summed E-state index contributed by atoms with van der Waals surface area (Å²) in [7, 11) is 0. The van der Waals surface area contributed by atoms with E-state index in [0.717, 1.165) is 0 Å². The molecule has 2 aliphatic rings. The largest absolute Gasteiger partial charge is 0.256 e. The Hall–Kier alpha value is -2.48. The minimum absolute atomic E-state index is 0.585. The van der Waals surface area contributed by atoms with Crippen LogP contribution in [0.1, 0.15) is 38.2 Å². The Morgan fingerprint density at radius 2 is 1.77 bits per heavy atom. The zero-order valence-corrected chi connectivity index (χ0v) is 15.5. The van der Waals surface area contributed by atoms with Gasteiger partial charge in [-0.25, -0.2) is 0 Å². The predicted molar refractivity (Wildman–Crippen MR) is 107 cm³/mol. The second-order valence-electron chi connectivity index (χ2n) is 8.04. The molecule has 1 aliphatic heterocycles. The van der Waals surface area contributed by atoms with Crippen molar-refractivity contribution in [2.45, 2.75) is 38.6 Å². The molecule has 1 aromatic heterocycles. The van der Waals surface area contributed by atoms with Crippen LogP contribution in [0.25, 0.3) is 10.9 Å². The molecule has 4 unspecified atom stereocenters. The summed E-state index contributed by atoms with van der Waals surface area (Å²) >= 11 is 0. The highest BCUT2D eigenvalue weighted by atomic mass is 15.1. The molecule has 5 rings (SSSR count). The smallest absolute Gasteiger partial charge is 0.205 e. The van der Waals surface area contributed by atoms with Crippen LogP contribution in [-0.4, -0.2) is 21.3 Å². The van der Waals surface area contributed by atoms with Crippen LogP contribution in [0.3, 0.4) is 0 Å². The first-order chi connectivity index (χ1) is 12.7. The van der Waals surface area contributed by atoms with Gasteiger partial charge in [-0.2, -0.15) is 4.58 Å². The fourth-order valence-electron chi connectivity index (χ4n) is 5.58. The van der Waals surface area contributed by atoms with Crippen molar-refractivity contribution in [3.8, 4) is 0 Å². The lowest BCUT2D eigenvalue weighted by molar-refractivity contribution is -0.481. The first kappa shape index (κ1) is 15.7. The molecule has 0 N–H and O–H groups in total. The average molecular weight is 341 g/mol. The van der Waals surface area contributed by atoms with Crippen molar-refractivity contribution in [3.63, 3.8) is 0 Å². The van der Waals surface area contributed by atoms with E-state index < -0.39 is 0 Å². The normalized spacial score (nSPS) is 27.9. The molecule has 1 fully saturated rings. The quantitative estimate of drug-likeness (QED) is 0.558. The van der Waals surface area contributed by atoms with Crippen LogP contribution >= 0.6 is 0 Å². The number of rotatable bonds is 2. The summed E-state index contributed by atoms with van der Waals surface area (Å²) in [5.41, 5.74) is 5.51. The van der Waals surface area contributed by atoms with E-state index in [2.05, 4.69) is 73.0 Å². The summed E-state index contributed by atoms with van der Waals surface area (Å²) in [5, 5.41) is 1.26. The van der Waals surface area contributed by atoms with E-state index in [1.54, 1.807) is 0 Å². The summed E-state index contributed by atoms with van der Waals surface area (Å²) in [6.07, 6.45) is 4.38. The summed E-state index contributed by atoms with van der Waals surface area (Å²) in [6, 6.07) is 22.5. The fourth-order valence-corrected chi connectivity index (χ4v) is 5.58. The van der Waals surface area contributed by atoms with Gasteiger partial charge in [0.15, 0.2) is 11.8 Å². The Balaban J connectivity index is 1.58. The molecular formula is C24H25N2+. The molecule has 0 bridgehead atoms. The van der Waals surface area contributed by atoms with Gasteiger partial charge in [-0.15, -0.1) is 0 Å². The number of para-hydroxylation sites is 2. The molecule has 26 heavy (non-hydrogen) atoms. The van der Waals surface area contributed by atoms with Crippen LogP contribution in [0.2, 0.25) is 0 Å². The lowest BCUT2D eigenvalue weighted by atomic mass is 9.81. The van der Waals surface area contributed by atoms with Gasteiger partial charge in [0.05, 0.1) is 5.52 Å². The van der Waals surface area contributed by atoms with Crippen LogP contribution in [0.4, 0.5) is 5.69 Å². The number of fused-ring (bicyclic) bond motifs is 2. The van der Waals surface area contributed by atoms with Crippen LogP contribution in [0, 0.1) is 11.8 Å². The molecule has 2 heterocycles. The molecule has 4 atom stereocenters. The van der Waals surface area contributed by atoms with Crippen LogP contribution < -0.4 is 0 Å². The molecule has 1 aliphatic carbocycles. The Bertz CT molecular complexity index is 984. The summed E-state index contributed by atoms with van der Waals surface area (Å²) in [4.78, 5) is 4.75. The van der Waals surface area contributed by atoms with E-state index in [0.29, 0.717) is 23.8 Å². The monoisotopic (exact) mass is 341 g/mol. The van der Waals surface area contributed by atoms with Crippen molar-refractivity contribution < 1.29 is 4.58 Å². The molecule has 0 saturated heterocycles. The van der Waals surface area contributed by atoms with E-state index in [1.807, 2.05) is 12.3 Å². The zero-order valence-electron chi connectivity index (χ0n) is 15.5. The molecular weight excluding hydrogens is 316 g/mol. The molecule has 2 nitrogen and oxygen atoms in total. The van der Waals surface area contributed by atoms with Gasteiger partial charge in [0.25, 0.3) is 0 Å². The van der Waals surface area contributed by atoms with Gasteiger partial charge < -0.3 is 0 Å². The van der Waals surface area contributed by atoms with Gasteiger partial charge >= 0.3 is 0 Å². The third-order valence-electron chi connectivity index (χ3n) is 6.51. The molecule has 0 amide bonds.